The number of phosphoric acid groups is 1. The molecule has 0 radical (unpaired) electrons. The number of ether oxygens (including phenoxy) is 1. The van der Waals surface area contributed by atoms with Crippen LogP contribution in [0.2, 0.25) is 0 Å². The lowest BCUT2D eigenvalue weighted by molar-refractivity contribution is -0.870. The second kappa shape index (κ2) is 56.7. The monoisotopic (exact) mass is 1100 g/mol. The molecule has 2 N–H and O–H groups in total. The summed E-state index contributed by atoms with van der Waals surface area (Å²) in [6.07, 6.45) is 73.3. The molecule has 0 fully saturated rings. The first-order valence-corrected chi connectivity index (χ1v) is 33.8. The minimum absolute atomic E-state index is 0.0381. The Hall–Kier alpha value is -2.55. The van der Waals surface area contributed by atoms with Gasteiger partial charge in [0.25, 0.3) is 0 Å². The highest BCUT2D eigenvalue weighted by Crippen LogP contribution is 2.43. The summed E-state index contributed by atoms with van der Waals surface area (Å²) >= 11 is 0. The summed E-state index contributed by atoms with van der Waals surface area (Å²) < 4.78 is 30.7. The number of nitrogens with one attached hydrogen (secondary N) is 1. The van der Waals surface area contributed by atoms with Gasteiger partial charge in [0.05, 0.1) is 33.8 Å². The fraction of sp³-hybridized carbons (Fsp3) is 0.791. The first-order valence-electron chi connectivity index (χ1n) is 32.3. The number of carbonyl (C=O) groups is 2. The SMILES string of the molecule is CC/C=C\C/C=C\C/C=C\C/C=C\C/C=C\CCCCCCCCCCCC(=O)NC(COP(=O)(O)OCC[N+](C)(C)C)C(/C=C\CCCCCCCCCCC)OC(=O)CCCCCCCCCCCCCCCCC. The Morgan fingerprint density at radius 3 is 1.25 bits per heavy atom. The van der Waals surface area contributed by atoms with Gasteiger partial charge >= 0.3 is 13.8 Å². The van der Waals surface area contributed by atoms with Crippen LogP contribution in [0.15, 0.2) is 72.9 Å². The van der Waals surface area contributed by atoms with Crippen LogP contribution in [0.1, 0.15) is 290 Å². The second-order valence-electron chi connectivity index (χ2n) is 22.9. The molecule has 3 atom stereocenters. The van der Waals surface area contributed by atoms with Gasteiger partial charge < -0.3 is 19.4 Å². The number of carbonyl (C=O) groups excluding carboxylic acids is 2. The quantitative estimate of drug-likeness (QED) is 0.0205. The van der Waals surface area contributed by atoms with E-state index in [0.29, 0.717) is 23.9 Å². The highest BCUT2D eigenvalue weighted by atomic mass is 31.2. The van der Waals surface area contributed by atoms with Crippen molar-refractivity contribution in [1.82, 2.24) is 5.32 Å². The molecule has 0 aliphatic heterocycles. The number of amides is 1. The standard InChI is InChI=1S/C67H123N2O7P/c1-7-10-13-16-19-22-25-27-29-30-31-32-33-34-35-36-37-38-40-41-44-47-50-53-56-59-66(70)68-64(63-75-77(72,73)74-62-61-69(4,5)6)65(58-55-52-49-46-43-24-21-18-15-12-9-3)76-67(71)60-57-54-51-48-45-42-39-28-26-23-20-17-14-11-8-2/h10,13,19,22,27,29,31-32,34-35,55,58,64-65H,7-9,11-12,14-18,20-21,23-26,28,30,33,36-54,56-57,59-63H2,1-6H3,(H-,68,70,72,73)/p+1/b13-10-,22-19-,29-27-,32-31-,35-34-,58-55-. The van der Waals surface area contributed by atoms with Crippen LogP contribution in [0.5, 0.6) is 0 Å². The smallest absolute Gasteiger partial charge is 0.456 e. The molecule has 0 saturated heterocycles. The molecule has 0 saturated carbocycles. The molecule has 0 spiro atoms. The van der Waals surface area contributed by atoms with Gasteiger partial charge in [0, 0.05) is 12.8 Å². The third kappa shape index (κ3) is 57.9. The lowest BCUT2D eigenvalue weighted by Gasteiger charge is -2.27. The molecule has 1 amide bonds. The van der Waals surface area contributed by atoms with Crippen LogP contribution < -0.4 is 5.32 Å². The van der Waals surface area contributed by atoms with Crippen molar-refractivity contribution in [3.63, 3.8) is 0 Å². The minimum Gasteiger partial charge on any atom is -0.456 e. The van der Waals surface area contributed by atoms with Crippen molar-refractivity contribution in [3.8, 4) is 0 Å². The lowest BCUT2D eigenvalue weighted by atomic mass is 10.0. The molecule has 10 heteroatoms. The molecule has 0 aliphatic carbocycles. The van der Waals surface area contributed by atoms with Gasteiger partial charge in [-0.1, -0.05) is 274 Å². The summed E-state index contributed by atoms with van der Waals surface area (Å²) in [6.45, 7) is 6.91. The van der Waals surface area contributed by atoms with Gasteiger partial charge in [0.15, 0.2) is 0 Å². The van der Waals surface area contributed by atoms with Crippen LogP contribution >= 0.6 is 7.82 Å². The van der Waals surface area contributed by atoms with E-state index in [9.17, 15) is 19.0 Å². The molecule has 77 heavy (non-hydrogen) atoms. The normalized spacial score (nSPS) is 14.1. The maximum absolute atomic E-state index is 13.6. The Labute approximate surface area is 476 Å². The number of likely N-dealkylation sites (N-methyl/N-ethyl adjacent to an activating group) is 1. The van der Waals surface area contributed by atoms with Crippen molar-refractivity contribution in [2.24, 2.45) is 0 Å². The van der Waals surface area contributed by atoms with Gasteiger partial charge in [-0.05, 0) is 76.7 Å². The zero-order chi connectivity index (χ0) is 56.4. The van der Waals surface area contributed by atoms with Gasteiger partial charge in [-0.25, -0.2) is 4.57 Å². The number of phosphoric ester groups is 1. The average Bonchev–Trinajstić information content (AvgIpc) is 3.39. The van der Waals surface area contributed by atoms with E-state index in [1.807, 2.05) is 33.3 Å². The Balaban J connectivity index is 5.11. The van der Waals surface area contributed by atoms with Crippen LogP contribution in [-0.4, -0.2) is 74.3 Å². The van der Waals surface area contributed by atoms with Gasteiger partial charge in [-0.3, -0.25) is 18.6 Å². The molecular formula is C67H124N2O7P+. The molecular weight excluding hydrogens is 976 g/mol. The molecule has 0 heterocycles. The third-order valence-electron chi connectivity index (χ3n) is 14.2. The minimum atomic E-state index is -4.45. The van der Waals surface area contributed by atoms with Crippen molar-refractivity contribution in [2.45, 2.75) is 303 Å². The average molecular weight is 1100 g/mol. The van der Waals surface area contributed by atoms with E-state index in [1.165, 1.54) is 154 Å². The Morgan fingerprint density at radius 2 is 0.831 bits per heavy atom. The van der Waals surface area contributed by atoms with Crippen molar-refractivity contribution >= 4 is 19.7 Å². The zero-order valence-corrected chi connectivity index (χ0v) is 52.1. The summed E-state index contributed by atoms with van der Waals surface area (Å²) in [5.41, 5.74) is 0. The molecule has 0 aromatic carbocycles. The summed E-state index contributed by atoms with van der Waals surface area (Å²) in [5, 5.41) is 3.06. The maximum atomic E-state index is 13.6. The van der Waals surface area contributed by atoms with Gasteiger partial charge in [0.1, 0.15) is 19.3 Å². The largest absolute Gasteiger partial charge is 0.472 e. The number of nitrogens with zero attached hydrogens (tertiary/aromatic N) is 1. The van der Waals surface area contributed by atoms with E-state index in [2.05, 4.69) is 86.8 Å². The number of rotatable bonds is 58. The van der Waals surface area contributed by atoms with Gasteiger partial charge in [0.2, 0.25) is 5.91 Å². The predicted octanol–water partition coefficient (Wildman–Crippen LogP) is 20.0. The molecule has 9 nitrogen and oxygen atoms in total. The summed E-state index contributed by atoms with van der Waals surface area (Å²) in [7, 11) is 1.49. The Morgan fingerprint density at radius 1 is 0.468 bits per heavy atom. The maximum Gasteiger partial charge on any atom is 0.472 e. The molecule has 0 aliphatic rings. The van der Waals surface area contributed by atoms with Crippen LogP contribution in [0.25, 0.3) is 0 Å². The molecule has 0 aromatic rings. The Bertz CT molecular complexity index is 1550. The highest BCUT2D eigenvalue weighted by molar-refractivity contribution is 7.47. The lowest BCUT2D eigenvalue weighted by Crippen LogP contribution is -2.47. The van der Waals surface area contributed by atoms with E-state index < -0.39 is 20.0 Å². The van der Waals surface area contributed by atoms with E-state index in [0.717, 1.165) is 103 Å². The molecule has 3 unspecified atom stereocenters. The summed E-state index contributed by atoms with van der Waals surface area (Å²) in [6, 6.07) is -0.852. The first-order chi connectivity index (χ1) is 37.4. The predicted molar refractivity (Wildman–Crippen MR) is 332 cm³/mol. The van der Waals surface area contributed by atoms with Crippen LogP contribution in [0, 0.1) is 0 Å². The number of allylic oxidation sites excluding steroid dienone is 11. The second-order valence-corrected chi connectivity index (χ2v) is 24.4. The topological polar surface area (TPSA) is 111 Å². The van der Waals surface area contributed by atoms with Crippen LogP contribution in [-0.2, 0) is 27.9 Å². The van der Waals surface area contributed by atoms with E-state index in [1.54, 1.807) is 0 Å². The van der Waals surface area contributed by atoms with Crippen molar-refractivity contribution in [1.29, 1.82) is 0 Å². The zero-order valence-electron chi connectivity index (χ0n) is 51.2. The summed E-state index contributed by atoms with van der Waals surface area (Å²) in [4.78, 5) is 37.7. The molecule has 0 bridgehead atoms. The first kappa shape index (κ1) is 74.5. The van der Waals surface area contributed by atoms with Crippen molar-refractivity contribution in [2.75, 3.05) is 40.9 Å². The van der Waals surface area contributed by atoms with Crippen LogP contribution in [0.4, 0.5) is 0 Å². The number of esters is 1. The number of hydrogen-bond donors (Lipinski definition) is 2. The number of hydrogen-bond acceptors (Lipinski definition) is 6. The van der Waals surface area contributed by atoms with Gasteiger partial charge in [-0.15, -0.1) is 0 Å². The van der Waals surface area contributed by atoms with Gasteiger partial charge in [-0.2, -0.15) is 0 Å². The van der Waals surface area contributed by atoms with E-state index in [4.69, 9.17) is 13.8 Å². The fourth-order valence-electron chi connectivity index (χ4n) is 9.20. The van der Waals surface area contributed by atoms with Crippen molar-refractivity contribution in [3.05, 3.63) is 72.9 Å². The Kier molecular flexibility index (Phi) is 54.8. The van der Waals surface area contributed by atoms with E-state index in [-0.39, 0.29) is 25.1 Å². The van der Waals surface area contributed by atoms with E-state index >= 15 is 0 Å². The summed E-state index contributed by atoms with van der Waals surface area (Å²) in [5.74, 6) is -0.506. The number of quaternary nitrogens is 1. The third-order valence-corrected chi connectivity index (χ3v) is 15.1. The highest BCUT2D eigenvalue weighted by Gasteiger charge is 2.30. The molecule has 448 valence electrons. The fourth-order valence-corrected chi connectivity index (χ4v) is 9.94. The molecule has 0 aromatic heterocycles. The number of unbranched alkanes of at least 4 members (excludes halogenated alkanes) is 32. The van der Waals surface area contributed by atoms with Crippen LogP contribution in [0.3, 0.4) is 0 Å². The molecule has 0 rings (SSSR count). The van der Waals surface area contributed by atoms with Crippen molar-refractivity contribution < 1.29 is 37.3 Å².